The smallest absolute Gasteiger partial charge is 0.204 e. The summed E-state index contributed by atoms with van der Waals surface area (Å²) in [6, 6.07) is 16.6. The number of nitrogens with zero attached hydrogens (tertiary/aromatic N) is 2. The molecule has 3 aromatic rings. The average Bonchev–Trinajstić information content (AvgIpc) is 3.09. The lowest BCUT2D eigenvalue weighted by Crippen LogP contribution is -3.13. The van der Waals surface area contributed by atoms with Gasteiger partial charge in [-0.2, -0.15) is 0 Å². The Kier molecular flexibility index (Phi) is 5.58. The summed E-state index contributed by atoms with van der Waals surface area (Å²) in [6.45, 7) is 5.53. The maximum Gasteiger partial charge on any atom is 0.204 e. The highest BCUT2D eigenvalue weighted by molar-refractivity contribution is 5.78. The van der Waals surface area contributed by atoms with Crippen LogP contribution in [0.25, 0.3) is 11.0 Å². The molecule has 1 aliphatic rings. The fourth-order valence-electron chi connectivity index (χ4n) is 3.93. The van der Waals surface area contributed by atoms with Gasteiger partial charge < -0.3 is 19.5 Å². The number of benzene rings is 2. The predicted molar refractivity (Wildman–Crippen MR) is 109 cm³/mol. The first-order chi connectivity index (χ1) is 13.3. The third-order valence-electron chi connectivity index (χ3n) is 5.51. The van der Waals surface area contributed by atoms with Gasteiger partial charge in [0.25, 0.3) is 0 Å². The van der Waals surface area contributed by atoms with Gasteiger partial charge in [0.15, 0.2) is 0 Å². The summed E-state index contributed by atoms with van der Waals surface area (Å²) in [5.41, 5.74) is 3.49. The summed E-state index contributed by atoms with van der Waals surface area (Å²) >= 11 is 0. The standard InChI is InChI=1S/C22H28N4O/c1-27-19-11-9-18(10-12-19)17-23-22-24-20-7-3-4-8-21(20)26(22)16-15-25-13-5-2-6-14-25/h3-4,7-12H,2,5-6,13-17H2,1H3,(H,23,24)/p+1. The van der Waals surface area contributed by atoms with Crippen molar-refractivity contribution in [2.45, 2.75) is 32.4 Å². The average molecular weight is 366 g/mol. The number of nitrogens with one attached hydrogen (secondary N) is 2. The second-order valence-corrected chi connectivity index (χ2v) is 7.34. The molecular weight excluding hydrogens is 336 g/mol. The highest BCUT2D eigenvalue weighted by Gasteiger charge is 2.16. The van der Waals surface area contributed by atoms with Gasteiger partial charge in [-0.1, -0.05) is 24.3 Å². The van der Waals surface area contributed by atoms with Crippen LogP contribution in [0.4, 0.5) is 5.95 Å². The van der Waals surface area contributed by atoms with Crippen LogP contribution in [0.1, 0.15) is 24.8 Å². The molecule has 1 saturated heterocycles. The number of imidazole rings is 1. The molecular formula is C22H29N4O+. The van der Waals surface area contributed by atoms with Gasteiger partial charge in [0, 0.05) is 6.54 Å². The minimum Gasteiger partial charge on any atom is -0.497 e. The number of likely N-dealkylation sites (tertiary alicyclic amines) is 1. The maximum absolute atomic E-state index is 5.24. The van der Waals surface area contributed by atoms with Crippen LogP contribution in [0.2, 0.25) is 0 Å². The fourth-order valence-corrected chi connectivity index (χ4v) is 3.93. The minimum absolute atomic E-state index is 0.754. The molecule has 0 radical (unpaired) electrons. The van der Waals surface area contributed by atoms with Crippen molar-refractivity contribution >= 4 is 17.0 Å². The molecule has 0 atom stereocenters. The molecule has 2 N–H and O–H groups in total. The first-order valence-electron chi connectivity index (χ1n) is 9.99. The van der Waals surface area contributed by atoms with E-state index in [0.717, 1.165) is 36.8 Å². The van der Waals surface area contributed by atoms with Crippen LogP contribution in [0.5, 0.6) is 5.75 Å². The molecule has 27 heavy (non-hydrogen) atoms. The molecule has 1 fully saturated rings. The minimum atomic E-state index is 0.754. The first kappa shape index (κ1) is 17.9. The second-order valence-electron chi connectivity index (χ2n) is 7.34. The molecule has 142 valence electrons. The Morgan fingerprint density at radius 2 is 1.81 bits per heavy atom. The molecule has 0 unspecified atom stereocenters. The molecule has 4 rings (SSSR count). The van der Waals surface area contributed by atoms with Crippen molar-refractivity contribution in [2.75, 3.05) is 32.1 Å². The Morgan fingerprint density at radius 1 is 1.04 bits per heavy atom. The third-order valence-corrected chi connectivity index (χ3v) is 5.51. The number of anilines is 1. The largest absolute Gasteiger partial charge is 0.497 e. The predicted octanol–water partition coefficient (Wildman–Crippen LogP) is 2.73. The summed E-state index contributed by atoms with van der Waals surface area (Å²) in [6.07, 6.45) is 4.12. The van der Waals surface area contributed by atoms with Crippen molar-refractivity contribution in [2.24, 2.45) is 0 Å². The molecule has 0 spiro atoms. The number of methoxy groups -OCH3 is 1. The molecule has 5 heteroatoms. The van der Waals surface area contributed by atoms with Gasteiger partial charge in [0.2, 0.25) is 5.95 Å². The van der Waals surface area contributed by atoms with Gasteiger partial charge in [-0.25, -0.2) is 4.98 Å². The van der Waals surface area contributed by atoms with Gasteiger partial charge in [-0.3, -0.25) is 0 Å². The molecule has 2 heterocycles. The van der Waals surface area contributed by atoms with Crippen LogP contribution >= 0.6 is 0 Å². The number of hydrogen-bond acceptors (Lipinski definition) is 3. The summed E-state index contributed by atoms with van der Waals surface area (Å²) in [5, 5.41) is 3.55. The molecule has 0 saturated carbocycles. The highest BCUT2D eigenvalue weighted by Crippen LogP contribution is 2.20. The normalized spacial score (nSPS) is 15.1. The monoisotopic (exact) mass is 365 g/mol. The van der Waals surface area contributed by atoms with E-state index in [4.69, 9.17) is 9.72 Å². The molecule has 2 aromatic carbocycles. The Balaban J connectivity index is 1.49. The summed E-state index contributed by atoms with van der Waals surface area (Å²) in [7, 11) is 1.69. The van der Waals surface area contributed by atoms with E-state index < -0.39 is 0 Å². The van der Waals surface area contributed by atoms with Crippen LogP contribution in [-0.2, 0) is 13.1 Å². The van der Waals surface area contributed by atoms with Crippen molar-refractivity contribution in [1.29, 1.82) is 0 Å². The lowest BCUT2D eigenvalue weighted by atomic mass is 10.1. The van der Waals surface area contributed by atoms with Gasteiger partial charge >= 0.3 is 0 Å². The lowest BCUT2D eigenvalue weighted by Gasteiger charge is -2.24. The Hall–Kier alpha value is -2.53. The van der Waals surface area contributed by atoms with Crippen molar-refractivity contribution in [3.8, 4) is 5.75 Å². The number of piperidine rings is 1. The van der Waals surface area contributed by atoms with Crippen LogP contribution in [-0.4, -0.2) is 36.3 Å². The second kappa shape index (κ2) is 8.44. The van der Waals surface area contributed by atoms with Crippen LogP contribution in [0, 0.1) is 0 Å². The maximum atomic E-state index is 5.24. The van der Waals surface area contributed by atoms with E-state index in [-0.39, 0.29) is 0 Å². The van der Waals surface area contributed by atoms with Crippen molar-refractivity contribution in [3.05, 3.63) is 54.1 Å². The van der Waals surface area contributed by atoms with Gasteiger partial charge in [0.05, 0.1) is 44.3 Å². The zero-order valence-corrected chi connectivity index (χ0v) is 16.1. The zero-order chi connectivity index (χ0) is 18.5. The van der Waals surface area contributed by atoms with Crippen molar-refractivity contribution in [3.63, 3.8) is 0 Å². The number of aromatic nitrogens is 2. The van der Waals surface area contributed by atoms with E-state index in [1.54, 1.807) is 12.0 Å². The lowest BCUT2D eigenvalue weighted by molar-refractivity contribution is -0.905. The van der Waals surface area contributed by atoms with Gasteiger partial charge in [-0.05, 0) is 49.1 Å². The van der Waals surface area contributed by atoms with E-state index in [1.807, 2.05) is 12.1 Å². The van der Waals surface area contributed by atoms with E-state index >= 15 is 0 Å². The molecule has 1 aliphatic heterocycles. The van der Waals surface area contributed by atoms with E-state index in [9.17, 15) is 0 Å². The fraction of sp³-hybridized carbons (Fsp3) is 0.409. The summed E-state index contributed by atoms with van der Waals surface area (Å²) in [4.78, 5) is 6.57. The highest BCUT2D eigenvalue weighted by atomic mass is 16.5. The first-order valence-corrected chi connectivity index (χ1v) is 9.99. The topological polar surface area (TPSA) is 43.5 Å². The van der Waals surface area contributed by atoms with E-state index in [0.29, 0.717) is 0 Å². The Bertz CT molecular complexity index is 866. The van der Waals surface area contributed by atoms with Gasteiger partial charge in [0.1, 0.15) is 5.75 Å². The van der Waals surface area contributed by atoms with E-state index in [2.05, 4.69) is 46.3 Å². The Morgan fingerprint density at radius 3 is 2.59 bits per heavy atom. The number of rotatable bonds is 7. The van der Waals surface area contributed by atoms with Crippen molar-refractivity contribution in [1.82, 2.24) is 9.55 Å². The third kappa shape index (κ3) is 4.25. The van der Waals surface area contributed by atoms with Crippen LogP contribution in [0.15, 0.2) is 48.5 Å². The number of ether oxygens (including phenoxy) is 1. The molecule has 0 amide bonds. The molecule has 1 aromatic heterocycles. The number of hydrogen-bond donors (Lipinski definition) is 2. The zero-order valence-electron chi connectivity index (χ0n) is 16.1. The quantitative estimate of drug-likeness (QED) is 0.677. The number of quaternary nitrogens is 1. The number of para-hydroxylation sites is 2. The SMILES string of the molecule is COc1ccc(CNc2nc3ccccc3n2CC[NH+]2CCCCC2)cc1. The Labute approximate surface area is 161 Å². The summed E-state index contributed by atoms with van der Waals surface area (Å²) in [5.74, 6) is 1.85. The van der Waals surface area contributed by atoms with E-state index in [1.165, 1.54) is 43.4 Å². The molecule has 5 nitrogen and oxygen atoms in total. The van der Waals surface area contributed by atoms with Crippen LogP contribution in [0.3, 0.4) is 0 Å². The molecule has 0 aliphatic carbocycles. The van der Waals surface area contributed by atoms with Crippen molar-refractivity contribution < 1.29 is 9.64 Å². The number of fused-ring (bicyclic) bond motifs is 1. The summed E-state index contributed by atoms with van der Waals surface area (Å²) < 4.78 is 7.59. The molecule has 0 bridgehead atoms. The van der Waals surface area contributed by atoms with Gasteiger partial charge in [-0.15, -0.1) is 0 Å². The van der Waals surface area contributed by atoms with Crippen LogP contribution < -0.4 is 15.0 Å².